The summed E-state index contributed by atoms with van der Waals surface area (Å²) in [6.45, 7) is 6.32. The fourth-order valence-electron chi connectivity index (χ4n) is 1.50. The molecule has 3 nitrogen and oxygen atoms in total. The Kier molecular flexibility index (Phi) is 6.67. The molecule has 0 aliphatic heterocycles. The van der Waals surface area contributed by atoms with Gasteiger partial charge in [0.2, 0.25) is 0 Å². The predicted octanol–water partition coefficient (Wildman–Crippen LogP) is 3.16. The summed E-state index contributed by atoms with van der Waals surface area (Å²) in [6.07, 6.45) is 2.38. The van der Waals surface area contributed by atoms with E-state index in [0.29, 0.717) is 13.2 Å². The maximum Gasteiger partial charge on any atom is 0.0798 e. The number of nitrogens with two attached hydrogens (primary N) is 1. The molecule has 0 spiro atoms. The van der Waals surface area contributed by atoms with Crippen molar-refractivity contribution in [2.45, 2.75) is 32.8 Å². The molecule has 1 rings (SSSR count). The highest BCUT2D eigenvalue weighted by Crippen LogP contribution is 2.17. The number of ether oxygens (including phenoxy) is 2. The Balaban J connectivity index is 2.16. The number of hydrogen-bond donors (Lipinski definition) is 1. The van der Waals surface area contributed by atoms with Crippen LogP contribution < -0.4 is 5.73 Å². The fraction of sp³-hybridized carbons (Fsp3) is 0.571. The lowest BCUT2D eigenvalue weighted by Gasteiger charge is -2.13. The number of anilines is 1. The topological polar surface area (TPSA) is 44.5 Å². The first-order valence-corrected chi connectivity index (χ1v) is 6.28. The largest absolute Gasteiger partial charge is 0.399 e. The van der Waals surface area contributed by atoms with Gasteiger partial charge in [0.05, 0.1) is 19.3 Å². The van der Waals surface area contributed by atoms with Gasteiger partial charge in [0, 0.05) is 12.3 Å². The first kappa shape index (κ1) is 14.0. The average molecular weight is 237 g/mol. The van der Waals surface area contributed by atoms with E-state index in [1.165, 1.54) is 6.42 Å². The first-order chi connectivity index (χ1) is 8.24. The Morgan fingerprint density at radius 2 is 1.82 bits per heavy atom. The normalized spacial score (nSPS) is 12.6. The van der Waals surface area contributed by atoms with Crippen molar-refractivity contribution in [2.24, 2.45) is 0 Å². The van der Waals surface area contributed by atoms with Gasteiger partial charge in [0.15, 0.2) is 0 Å². The molecular formula is C14H23NO2. The molecule has 0 heterocycles. The number of benzene rings is 1. The van der Waals surface area contributed by atoms with Crippen LogP contribution in [0.4, 0.5) is 5.69 Å². The Morgan fingerprint density at radius 3 is 2.47 bits per heavy atom. The third-order valence-corrected chi connectivity index (χ3v) is 2.64. The van der Waals surface area contributed by atoms with E-state index in [-0.39, 0.29) is 6.10 Å². The van der Waals surface area contributed by atoms with Crippen LogP contribution in [0.3, 0.4) is 0 Å². The zero-order valence-electron chi connectivity index (χ0n) is 10.8. The minimum atomic E-state index is 0.0883. The summed E-state index contributed by atoms with van der Waals surface area (Å²) in [7, 11) is 0. The van der Waals surface area contributed by atoms with E-state index >= 15 is 0 Å². The van der Waals surface area contributed by atoms with Crippen LogP contribution in [0.15, 0.2) is 24.3 Å². The van der Waals surface area contributed by atoms with Crippen molar-refractivity contribution in [3.8, 4) is 0 Å². The third kappa shape index (κ3) is 5.71. The van der Waals surface area contributed by atoms with Gasteiger partial charge in [-0.3, -0.25) is 0 Å². The first-order valence-electron chi connectivity index (χ1n) is 6.28. The Morgan fingerprint density at radius 1 is 1.12 bits per heavy atom. The van der Waals surface area contributed by atoms with Gasteiger partial charge >= 0.3 is 0 Å². The van der Waals surface area contributed by atoms with Gasteiger partial charge in [-0.2, -0.15) is 0 Å². The van der Waals surface area contributed by atoms with E-state index in [2.05, 4.69) is 6.92 Å². The summed E-state index contributed by atoms with van der Waals surface area (Å²) >= 11 is 0. The monoisotopic (exact) mass is 237 g/mol. The highest BCUT2D eigenvalue weighted by Gasteiger charge is 2.04. The van der Waals surface area contributed by atoms with E-state index < -0.39 is 0 Å². The number of nitrogen functional groups attached to an aromatic ring is 1. The van der Waals surface area contributed by atoms with Crippen LogP contribution in [0.5, 0.6) is 0 Å². The van der Waals surface area contributed by atoms with E-state index in [0.717, 1.165) is 24.3 Å². The number of rotatable bonds is 8. The third-order valence-electron chi connectivity index (χ3n) is 2.64. The predicted molar refractivity (Wildman–Crippen MR) is 70.9 cm³/mol. The molecule has 1 aromatic carbocycles. The molecule has 0 amide bonds. The summed E-state index contributed by atoms with van der Waals surface area (Å²) in [6, 6.07) is 7.79. The molecule has 0 fully saturated rings. The number of hydrogen-bond acceptors (Lipinski definition) is 3. The number of unbranched alkanes of at least 4 members (excludes halogenated alkanes) is 1. The van der Waals surface area contributed by atoms with E-state index in [1.54, 1.807) is 0 Å². The van der Waals surface area contributed by atoms with E-state index in [9.17, 15) is 0 Å². The molecule has 1 unspecified atom stereocenters. The van der Waals surface area contributed by atoms with E-state index in [4.69, 9.17) is 15.2 Å². The van der Waals surface area contributed by atoms with Crippen molar-refractivity contribution in [1.82, 2.24) is 0 Å². The Hall–Kier alpha value is -1.06. The highest BCUT2D eigenvalue weighted by molar-refractivity contribution is 5.39. The molecule has 0 aliphatic carbocycles. The fourth-order valence-corrected chi connectivity index (χ4v) is 1.50. The molecular weight excluding hydrogens is 214 g/mol. The molecule has 0 saturated carbocycles. The van der Waals surface area contributed by atoms with Crippen LogP contribution in [0, 0.1) is 0 Å². The lowest BCUT2D eigenvalue weighted by Crippen LogP contribution is -2.08. The van der Waals surface area contributed by atoms with Crippen LogP contribution in [0.1, 0.15) is 38.4 Å². The summed E-state index contributed by atoms with van der Waals surface area (Å²) in [5.41, 5.74) is 7.56. The molecule has 0 aliphatic rings. The van der Waals surface area contributed by atoms with Gasteiger partial charge in [-0.05, 0) is 31.0 Å². The maximum atomic E-state index is 5.68. The van der Waals surface area contributed by atoms with Crippen molar-refractivity contribution < 1.29 is 9.47 Å². The van der Waals surface area contributed by atoms with Crippen LogP contribution >= 0.6 is 0 Å². The zero-order valence-corrected chi connectivity index (χ0v) is 10.8. The van der Waals surface area contributed by atoms with Crippen molar-refractivity contribution in [3.63, 3.8) is 0 Å². The minimum absolute atomic E-state index is 0.0883. The quantitative estimate of drug-likeness (QED) is 0.558. The van der Waals surface area contributed by atoms with Gasteiger partial charge in [-0.15, -0.1) is 0 Å². The Bertz CT molecular complexity index is 298. The smallest absolute Gasteiger partial charge is 0.0798 e. The minimum Gasteiger partial charge on any atom is -0.399 e. The average Bonchev–Trinajstić information content (AvgIpc) is 2.34. The SMILES string of the molecule is CCCCOCCOC(C)c1ccc(N)cc1. The van der Waals surface area contributed by atoms with Crippen LogP contribution in [0.2, 0.25) is 0 Å². The van der Waals surface area contributed by atoms with Gasteiger partial charge in [-0.1, -0.05) is 25.5 Å². The van der Waals surface area contributed by atoms with Crippen LogP contribution in [-0.4, -0.2) is 19.8 Å². The molecule has 96 valence electrons. The van der Waals surface area contributed by atoms with Crippen LogP contribution in [0.25, 0.3) is 0 Å². The second-order valence-electron chi connectivity index (χ2n) is 4.15. The lowest BCUT2D eigenvalue weighted by molar-refractivity contribution is 0.0109. The van der Waals surface area contributed by atoms with Gasteiger partial charge < -0.3 is 15.2 Å². The molecule has 0 saturated heterocycles. The molecule has 1 aromatic rings. The van der Waals surface area contributed by atoms with Crippen molar-refractivity contribution in [2.75, 3.05) is 25.6 Å². The summed E-state index contributed by atoms with van der Waals surface area (Å²) in [5.74, 6) is 0. The summed E-state index contributed by atoms with van der Waals surface area (Å²) in [4.78, 5) is 0. The van der Waals surface area contributed by atoms with Gasteiger partial charge in [0.1, 0.15) is 0 Å². The van der Waals surface area contributed by atoms with Crippen molar-refractivity contribution >= 4 is 5.69 Å². The molecule has 17 heavy (non-hydrogen) atoms. The molecule has 0 radical (unpaired) electrons. The van der Waals surface area contributed by atoms with Crippen molar-refractivity contribution in [3.05, 3.63) is 29.8 Å². The zero-order chi connectivity index (χ0) is 12.5. The van der Waals surface area contributed by atoms with Gasteiger partial charge in [0.25, 0.3) is 0 Å². The molecule has 3 heteroatoms. The standard InChI is InChI=1S/C14H23NO2/c1-3-4-9-16-10-11-17-12(2)13-5-7-14(15)8-6-13/h5-8,12H,3-4,9-11,15H2,1-2H3. The summed E-state index contributed by atoms with van der Waals surface area (Å²) < 4.78 is 11.1. The highest BCUT2D eigenvalue weighted by atomic mass is 16.5. The van der Waals surface area contributed by atoms with Crippen molar-refractivity contribution in [1.29, 1.82) is 0 Å². The molecule has 0 bridgehead atoms. The maximum absolute atomic E-state index is 5.68. The lowest BCUT2D eigenvalue weighted by atomic mass is 10.1. The van der Waals surface area contributed by atoms with Crippen LogP contribution in [-0.2, 0) is 9.47 Å². The second kappa shape index (κ2) is 8.09. The molecule has 1 atom stereocenters. The van der Waals surface area contributed by atoms with E-state index in [1.807, 2.05) is 31.2 Å². The van der Waals surface area contributed by atoms with Gasteiger partial charge in [-0.25, -0.2) is 0 Å². The molecule has 0 aromatic heterocycles. The Labute approximate surface area is 104 Å². The summed E-state index contributed by atoms with van der Waals surface area (Å²) in [5, 5.41) is 0. The molecule has 2 N–H and O–H groups in total. The second-order valence-corrected chi connectivity index (χ2v) is 4.15.